The van der Waals surface area contributed by atoms with Gasteiger partial charge in [0.15, 0.2) is 11.6 Å². The fourth-order valence-corrected chi connectivity index (χ4v) is 10.4. The van der Waals surface area contributed by atoms with Gasteiger partial charge >= 0.3 is 6.18 Å². The lowest BCUT2D eigenvalue weighted by atomic mass is 10.0. The number of carbonyl (C=O) groups is 2. The molecule has 0 unspecified atom stereocenters. The number of anilines is 8. The zero-order valence-electron chi connectivity index (χ0n) is 52.7. The molecule has 0 saturated heterocycles. The van der Waals surface area contributed by atoms with Gasteiger partial charge in [-0.2, -0.15) is 13.2 Å². The number of ether oxygens (including phenoxy) is 2. The summed E-state index contributed by atoms with van der Waals surface area (Å²) in [4.78, 5) is 59.2. The van der Waals surface area contributed by atoms with Gasteiger partial charge in [0.2, 0.25) is 23.7 Å². The van der Waals surface area contributed by atoms with E-state index in [2.05, 4.69) is 83.0 Å². The van der Waals surface area contributed by atoms with Crippen LogP contribution in [0.5, 0.6) is 11.5 Å². The van der Waals surface area contributed by atoms with Gasteiger partial charge < -0.3 is 59.5 Å². The molecular formula is C64H77F5N16O4. The first-order chi connectivity index (χ1) is 42.1. The van der Waals surface area contributed by atoms with E-state index in [0.717, 1.165) is 67.2 Å². The number of methoxy groups -OCH3 is 2. The molecule has 1 saturated carbocycles. The molecule has 472 valence electrons. The van der Waals surface area contributed by atoms with Gasteiger partial charge in [-0.15, -0.1) is 0 Å². The zero-order chi connectivity index (χ0) is 64.9. The average Bonchev–Trinajstić information content (AvgIpc) is 1.81. The summed E-state index contributed by atoms with van der Waals surface area (Å²) >= 11 is 0. The number of aryl methyl sites for hydroxylation is 2. The van der Waals surface area contributed by atoms with E-state index in [1.54, 1.807) is 36.8 Å². The molecule has 8 aromatic rings. The van der Waals surface area contributed by atoms with Gasteiger partial charge in [-0.1, -0.05) is 13.2 Å². The number of amides is 2. The number of nitrogens with zero attached hydrogens (tertiary/aromatic N) is 12. The third-order valence-corrected chi connectivity index (χ3v) is 15.0. The molecule has 89 heavy (non-hydrogen) atoms. The Hall–Kier alpha value is -9.23. The number of fused-ring (bicyclic) bond motifs is 2. The minimum Gasteiger partial charge on any atom is -0.494 e. The monoisotopic (exact) mass is 1230 g/mol. The van der Waals surface area contributed by atoms with Gasteiger partial charge in [0.1, 0.15) is 39.7 Å². The zero-order valence-corrected chi connectivity index (χ0v) is 52.7. The Balaban J connectivity index is 0.000000230. The van der Waals surface area contributed by atoms with E-state index in [4.69, 9.17) is 14.5 Å². The standard InChI is InChI=1S/C33H41FN8O2.C31H36F4N8O2/c1-9-30(43)37-25-16-26(29(44-8)17-27(25)41(7)13-12-40(5)6)38-33-35-18-23(21-10-11-21)31(39-33)22-14-24(34)32-28(15-22)42(19(2)3)20(4)36-32;1-9-27(44)38-22-14-23(26(45-8)15-24(22)42(7)11-10-41(5)6)39-30-36-16-20(31(33,34)35)28(40-30)19-12-21(32)29-25(13-19)43(17(2)3)18(4)37-29/h9,14-19,21H,1,10-13H2,2-8H3,(H,37,43)(H,35,38,39);9,12-17H,1,10-11H2,2-8H3,(H,38,44)(H,36,39,40). The summed E-state index contributed by atoms with van der Waals surface area (Å²) < 4.78 is 88.4. The Kier molecular flexibility index (Phi) is 20.3. The molecule has 0 aliphatic heterocycles. The molecule has 0 bridgehead atoms. The minimum absolute atomic E-state index is 0.0559. The number of alkyl halides is 3. The van der Waals surface area contributed by atoms with Crippen LogP contribution >= 0.6 is 0 Å². The third kappa shape index (κ3) is 15.0. The number of hydrogen-bond acceptors (Lipinski definition) is 16. The number of aromatic nitrogens is 8. The molecule has 25 heteroatoms. The quantitative estimate of drug-likeness (QED) is 0.0348. The van der Waals surface area contributed by atoms with Crippen LogP contribution < -0.4 is 40.5 Å². The van der Waals surface area contributed by atoms with Crippen LogP contribution in [0.25, 0.3) is 44.6 Å². The summed E-state index contributed by atoms with van der Waals surface area (Å²) in [6.45, 7) is 21.5. The Labute approximate surface area is 514 Å². The number of benzene rings is 4. The predicted molar refractivity (Wildman–Crippen MR) is 343 cm³/mol. The highest BCUT2D eigenvalue weighted by Crippen LogP contribution is 2.46. The van der Waals surface area contributed by atoms with Crippen LogP contribution in [0.1, 0.15) is 81.3 Å². The maximum absolute atomic E-state index is 15.5. The molecule has 0 atom stereocenters. The smallest absolute Gasteiger partial charge is 0.419 e. The topological polar surface area (TPSA) is 201 Å². The van der Waals surface area contributed by atoms with Gasteiger partial charge in [0.25, 0.3) is 0 Å². The predicted octanol–water partition coefficient (Wildman–Crippen LogP) is 12.7. The van der Waals surface area contributed by atoms with Crippen molar-refractivity contribution in [1.29, 1.82) is 0 Å². The molecule has 0 radical (unpaired) electrons. The number of nitrogens with one attached hydrogen (secondary N) is 4. The number of hydrogen-bond donors (Lipinski definition) is 4. The van der Waals surface area contributed by atoms with E-state index in [1.807, 2.05) is 95.8 Å². The molecule has 20 nitrogen and oxygen atoms in total. The van der Waals surface area contributed by atoms with E-state index in [9.17, 15) is 22.8 Å². The fourth-order valence-electron chi connectivity index (χ4n) is 10.4. The fraction of sp³-hybridized carbons (Fsp3) is 0.375. The SMILES string of the molecule is C=CC(=O)Nc1cc(Nc2ncc(C(F)(F)F)c(-c3cc(F)c4nc(C)n(C(C)C)c4c3)n2)c(OC)cc1N(C)CCN(C)C.C=CC(=O)Nc1cc(Nc2ncc(C3CC3)c(-c3cc(F)c4nc(C)n(C(C)C)c4c3)n2)c(OC)cc1N(C)CCN(C)C. The van der Waals surface area contributed by atoms with Crippen molar-refractivity contribution in [2.45, 2.75) is 78.6 Å². The number of rotatable bonds is 23. The lowest BCUT2D eigenvalue weighted by Crippen LogP contribution is -2.29. The van der Waals surface area contributed by atoms with Crippen molar-refractivity contribution in [2.75, 3.05) is 114 Å². The highest BCUT2D eigenvalue weighted by molar-refractivity contribution is 6.03. The van der Waals surface area contributed by atoms with E-state index in [0.29, 0.717) is 87.0 Å². The van der Waals surface area contributed by atoms with Crippen molar-refractivity contribution >= 4 is 79.9 Å². The molecule has 4 aromatic carbocycles. The Morgan fingerprint density at radius 2 is 1.03 bits per heavy atom. The van der Waals surface area contributed by atoms with Crippen molar-refractivity contribution < 1.29 is 41.0 Å². The maximum atomic E-state index is 15.5. The van der Waals surface area contributed by atoms with Gasteiger partial charge in [0.05, 0.1) is 70.8 Å². The van der Waals surface area contributed by atoms with Crippen LogP contribution in [-0.2, 0) is 15.8 Å². The van der Waals surface area contributed by atoms with Crippen molar-refractivity contribution in [3.8, 4) is 34.0 Å². The molecule has 2 amide bonds. The second kappa shape index (κ2) is 27.4. The van der Waals surface area contributed by atoms with Crippen LogP contribution in [0, 0.1) is 25.5 Å². The first-order valence-electron chi connectivity index (χ1n) is 28.9. The summed E-state index contributed by atoms with van der Waals surface area (Å²) in [6, 6.07) is 12.8. The molecule has 1 aliphatic carbocycles. The third-order valence-electron chi connectivity index (χ3n) is 15.0. The molecular weight excluding hydrogens is 1150 g/mol. The van der Waals surface area contributed by atoms with Crippen molar-refractivity contribution in [1.82, 2.24) is 48.8 Å². The lowest BCUT2D eigenvalue weighted by molar-refractivity contribution is -0.137. The average molecular weight is 1230 g/mol. The second-order valence-electron chi connectivity index (χ2n) is 22.8. The van der Waals surface area contributed by atoms with Crippen LogP contribution in [-0.4, -0.2) is 143 Å². The molecule has 1 aliphatic rings. The molecule has 4 heterocycles. The van der Waals surface area contributed by atoms with Crippen LogP contribution in [0.4, 0.5) is 68.0 Å². The molecule has 4 aromatic heterocycles. The van der Waals surface area contributed by atoms with Gasteiger partial charge in [0, 0.05) is 93.6 Å². The van der Waals surface area contributed by atoms with E-state index in [-0.39, 0.29) is 46.5 Å². The molecule has 0 spiro atoms. The Morgan fingerprint density at radius 1 is 0.618 bits per heavy atom. The van der Waals surface area contributed by atoms with Crippen LogP contribution in [0.15, 0.2) is 86.2 Å². The van der Waals surface area contributed by atoms with Crippen molar-refractivity contribution in [3.63, 3.8) is 0 Å². The summed E-state index contributed by atoms with van der Waals surface area (Å²) in [5.41, 5.74) is 5.31. The van der Waals surface area contributed by atoms with E-state index >= 15 is 8.78 Å². The van der Waals surface area contributed by atoms with E-state index in [1.165, 1.54) is 25.3 Å². The summed E-state index contributed by atoms with van der Waals surface area (Å²) in [6.07, 6.45) is 2.08. The number of imidazole rings is 2. The second-order valence-corrected chi connectivity index (χ2v) is 22.8. The molecule has 4 N–H and O–H groups in total. The van der Waals surface area contributed by atoms with Crippen molar-refractivity contribution in [2.24, 2.45) is 0 Å². The molecule has 1 fully saturated rings. The van der Waals surface area contributed by atoms with Gasteiger partial charge in [-0.3, -0.25) is 9.59 Å². The molecule has 9 rings (SSSR count). The number of likely N-dealkylation sites (N-methyl/N-ethyl adjacent to an activating group) is 4. The van der Waals surface area contributed by atoms with Gasteiger partial charge in [-0.05, 0) is 137 Å². The minimum atomic E-state index is -4.83. The van der Waals surface area contributed by atoms with E-state index < -0.39 is 29.2 Å². The lowest BCUT2D eigenvalue weighted by Gasteiger charge is -2.26. The largest absolute Gasteiger partial charge is 0.494 e. The highest BCUT2D eigenvalue weighted by atomic mass is 19.4. The van der Waals surface area contributed by atoms with Crippen LogP contribution in [0.3, 0.4) is 0 Å². The summed E-state index contributed by atoms with van der Waals surface area (Å²) in [5, 5.41) is 11.9. The summed E-state index contributed by atoms with van der Waals surface area (Å²) in [7, 11) is 14.7. The highest BCUT2D eigenvalue weighted by Gasteiger charge is 2.36. The maximum Gasteiger partial charge on any atom is 0.419 e. The normalized spacial score (nSPS) is 12.4. The number of carbonyl (C=O) groups excluding carboxylic acids is 2. The number of halogens is 5. The Morgan fingerprint density at radius 3 is 1.42 bits per heavy atom. The Bertz CT molecular complexity index is 3950. The van der Waals surface area contributed by atoms with Crippen molar-refractivity contribution in [3.05, 3.63) is 121 Å². The van der Waals surface area contributed by atoms with Crippen LogP contribution in [0.2, 0.25) is 0 Å². The van der Waals surface area contributed by atoms with Gasteiger partial charge in [-0.25, -0.2) is 38.7 Å². The first kappa shape index (κ1) is 65.7. The summed E-state index contributed by atoms with van der Waals surface area (Å²) in [5.74, 6) is 0.658. The first-order valence-corrected chi connectivity index (χ1v) is 28.9.